The number of hydrogen-bond acceptors (Lipinski definition) is 4. The molecule has 1 N–H and O–H groups in total. The molecule has 0 saturated carbocycles. The van der Waals surface area contributed by atoms with Crippen molar-refractivity contribution in [2.45, 2.75) is 64.4 Å². The SMILES string of the molecule is CCC(CC)C(=O)N1CCC2(CC1)CC(CCNC(=O)c1ccncc1)CCO2. The Balaban J connectivity index is 1.45. The summed E-state index contributed by atoms with van der Waals surface area (Å²) in [5.41, 5.74) is 0.570. The number of carbonyl (C=O) groups excluding carboxylic acids is 2. The molecular formula is C23H35N3O3. The fraction of sp³-hybridized carbons (Fsp3) is 0.696. The van der Waals surface area contributed by atoms with Crippen molar-refractivity contribution in [1.82, 2.24) is 15.2 Å². The maximum atomic E-state index is 12.7. The van der Waals surface area contributed by atoms with E-state index in [0.29, 0.717) is 23.9 Å². The van der Waals surface area contributed by atoms with Crippen LogP contribution in [0.1, 0.15) is 69.2 Å². The molecule has 2 aliphatic heterocycles. The van der Waals surface area contributed by atoms with E-state index in [1.807, 2.05) is 4.90 Å². The van der Waals surface area contributed by atoms with Crippen LogP contribution in [0.3, 0.4) is 0 Å². The van der Waals surface area contributed by atoms with Crippen LogP contribution >= 0.6 is 0 Å². The van der Waals surface area contributed by atoms with Gasteiger partial charge in [0, 0.05) is 50.1 Å². The molecule has 3 rings (SSSR count). The van der Waals surface area contributed by atoms with Gasteiger partial charge in [-0.1, -0.05) is 13.8 Å². The Kier molecular flexibility index (Phi) is 7.64. The summed E-state index contributed by atoms with van der Waals surface area (Å²) in [5.74, 6) is 0.995. The highest BCUT2D eigenvalue weighted by molar-refractivity contribution is 5.93. The Hall–Kier alpha value is -1.95. The standard InChI is InChI=1S/C23H35N3O3/c1-3-19(4-2)22(28)26-14-9-23(10-15-26)17-18(8-16-29-23)5-13-25-21(27)20-6-11-24-12-7-20/h6-7,11-12,18-19H,3-5,8-10,13-17H2,1-2H3,(H,25,27). The quantitative estimate of drug-likeness (QED) is 0.760. The fourth-order valence-electron chi connectivity index (χ4n) is 4.75. The van der Waals surface area contributed by atoms with Crippen LogP contribution in [-0.2, 0) is 9.53 Å². The summed E-state index contributed by atoms with van der Waals surface area (Å²) >= 11 is 0. The van der Waals surface area contributed by atoms with Gasteiger partial charge < -0.3 is 15.0 Å². The lowest BCUT2D eigenvalue weighted by Gasteiger charge is -2.46. The maximum Gasteiger partial charge on any atom is 0.251 e. The average molecular weight is 402 g/mol. The zero-order valence-corrected chi connectivity index (χ0v) is 17.9. The Morgan fingerprint density at radius 3 is 2.59 bits per heavy atom. The fourth-order valence-corrected chi connectivity index (χ4v) is 4.75. The third kappa shape index (κ3) is 5.56. The molecule has 0 radical (unpaired) electrons. The second-order valence-corrected chi connectivity index (χ2v) is 8.51. The Morgan fingerprint density at radius 1 is 1.24 bits per heavy atom. The number of aromatic nitrogens is 1. The van der Waals surface area contributed by atoms with Crippen molar-refractivity contribution in [3.8, 4) is 0 Å². The number of carbonyl (C=O) groups is 2. The van der Waals surface area contributed by atoms with Crippen LogP contribution in [0.5, 0.6) is 0 Å². The average Bonchev–Trinajstić information content (AvgIpc) is 2.76. The summed E-state index contributed by atoms with van der Waals surface area (Å²) in [7, 11) is 0. The molecular weight excluding hydrogens is 366 g/mol. The van der Waals surface area contributed by atoms with Crippen molar-refractivity contribution in [2.75, 3.05) is 26.2 Å². The van der Waals surface area contributed by atoms with Crippen molar-refractivity contribution in [3.63, 3.8) is 0 Å². The third-order valence-electron chi connectivity index (χ3n) is 6.70. The number of rotatable bonds is 7. The largest absolute Gasteiger partial charge is 0.375 e. The van der Waals surface area contributed by atoms with Gasteiger partial charge in [0.15, 0.2) is 0 Å². The van der Waals surface area contributed by atoms with Gasteiger partial charge in [-0.2, -0.15) is 0 Å². The van der Waals surface area contributed by atoms with Crippen molar-refractivity contribution in [2.24, 2.45) is 11.8 Å². The van der Waals surface area contributed by atoms with Crippen molar-refractivity contribution < 1.29 is 14.3 Å². The predicted molar refractivity (Wildman–Crippen MR) is 112 cm³/mol. The van der Waals surface area contributed by atoms with E-state index in [4.69, 9.17) is 4.74 Å². The minimum Gasteiger partial charge on any atom is -0.375 e. The number of likely N-dealkylation sites (tertiary alicyclic amines) is 1. The number of hydrogen-bond donors (Lipinski definition) is 1. The molecule has 1 aromatic heterocycles. The Morgan fingerprint density at radius 2 is 1.93 bits per heavy atom. The molecule has 2 saturated heterocycles. The van der Waals surface area contributed by atoms with Crippen molar-refractivity contribution in [3.05, 3.63) is 30.1 Å². The molecule has 1 unspecified atom stereocenters. The van der Waals surface area contributed by atoms with E-state index in [2.05, 4.69) is 24.1 Å². The summed E-state index contributed by atoms with van der Waals surface area (Å²) < 4.78 is 6.24. The molecule has 2 amide bonds. The second-order valence-electron chi connectivity index (χ2n) is 8.51. The molecule has 1 atom stereocenters. The normalized spacial score (nSPS) is 21.3. The minimum atomic E-state index is -0.0806. The van der Waals surface area contributed by atoms with Crippen molar-refractivity contribution in [1.29, 1.82) is 0 Å². The van der Waals surface area contributed by atoms with Gasteiger partial charge in [0.2, 0.25) is 5.91 Å². The summed E-state index contributed by atoms with van der Waals surface area (Å²) in [4.78, 5) is 30.8. The van der Waals surface area contributed by atoms with Gasteiger partial charge in [-0.3, -0.25) is 14.6 Å². The minimum absolute atomic E-state index is 0.0394. The van der Waals surface area contributed by atoms with Gasteiger partial charge in [-0.05, 0) is 63.0 Å². The van der Waals surface area contributed by atoms with Crippen LogP contribution in [0, 0.1) is 11.8 Å². The Labute approximate surface area is 174 Å². The lowest BCUT2D eigenvalue weighted by Crippen LogP contribution is -2.52. The smallest absolute Gasteiger partial charge is 0.251 e. The molecule has 2 aliphatic rings. The van der Waals surface area contributed by atoms with E-state index in [1.165, 1.54) is 0 Å². The highest BCUT2D eigenvalue weighted by Crippen LogP contribution is 2.39. The molecule has 0 aliphatic carbocycles. The van der Waals surface area contributed by atoms with Crippen LogP contribution in [0.25, 0.3) is 0 Å². The van der Waals surface area contributed by atoms with Crippen LogP contribution in [0.4, 0.5) is 0 Å². The molecule has 6 heteroatoms. The van der Waals surface area contributed by atoms with E-state index in [9.17, 15) is 9.59 Å². The van der Waals surface area contributed by atoms with Gasteiger partial charge in [0.25, 0.3) is 5.91 Å². The summed E-state index contributed by atoms with van der Waals surface area (Å²) in [6, 6.07) is 3.46. The number of ether oxygens (including phenoxy) is 1. The van der Waals surface area contributed by atoms with Gasteiger partial charge in [-0.15, -0.1) is 0 Å². The number of pyridine rings is 1. The topological polar surface area (TPSA) is 71.5 Å². The van der Waals surface area contributed by atoms with Crippen LogP contribution < -0.4 is 5.32 Å². The van der Waals surface area contributed by atoms with Gasteiger partial charge in [0.1, 0.15) is 0 Å². The molecule has 3 heterocycles. The molecule has 2 fully saturated rings. The van der Waals surface area contributed by atoms with E-state index >= 15 is 0 Å². The summed E-state index contributed by atoms with van der Waals surface area (Å²) in [6.45, 7) is 7.27. The molecule has 29 heavy (non-hydrogen) atoms. The first-order chi connectivity index (χ1) is 14.1. The zero-order chi connectivity index (χ0) is 20.7. The third-order valence-corrected chi connectivity index (χ3v) is 6.70. The lowest BCUT2D eigenvalue weighted by atomic mass is 9.78. The molecule has 1 spiro atoms. The number of nitrogens with one attached hydrogen (secondary N) is 1. The van der Waals surface area contributed by atoms with E-state index in [0.717, 1.165) is 64.6 Å². The van der Waals surface area contributed by atoms with Gasteiger partial charge in [0.05, 0.1) is 5.60 Å². The first-order valence-electron chi connectivity index (χ1n) is 11.2. The highest BCUT2D eigenvalue weighted by atomic mass is 16.5. The molecule has 160 valence electrons. The van der Waals surface area contributed by atoms with Gasteiger partial charge >= 0.3 is 0 Å². The van der Waals surface area contributed by atoms with Crippen molar-refractivity contribution >= 4 is 11.8 Å². The summed E-state index contributed by atoms with van der Waals surface area (Å²) in [6.07, 6.45) is 10.0. The van der Waals surface area contributed by atoms with Crippen LogP contribution in [0.15, 0.2) is 24.5 Å². The molecule has 0 bridgehead atoms. The van der Waals surface area contributed by atoms with Crippen LogP contribution in [0.2, 0.25) is 0 Å². The first kappa shape index (κ1) is 21.8. The molecule has 6 nitrogen and oxygen atoms in total. The highest BCUT2D eigenvalue weighted by Gasteiger charge is 2.41. The van der Waals surface area contributed by atoms with E-state index in [1.54, 1.807) is 24.5 Å². The molecule has 0 aromatic carbocycles. The van der Waals surface area contributed by atoms with Crippen LogP contribution in [-0.4, -0.2) is 53.5 Å². The van der Waals surface area contributed by atoms with E-state index < -0.39 is 0 Å². The monoisotopic (exact) mass is 401 g/mol. The maximum absolute atomic E-state index is 12.7. The van der Waals surface area contributed by atoms with E-state index in [-0.39, 0.29) is 17.4 Å². The molecule has 1 aromatic rings. The number of piperidine rings is 1. The predicted octanol–water partition coefficient (Wildman–Crippen LogP) is 3.43. The first-order valence-corrected chi connectivity index (χ1v) is 11.2. The zero-order valence-electron chi connectivity index (χ0n) is 17.9. The Bertz CT molecular complexity index is 667. The second kappa shape index (κ2) is 10.2. The lowest BCUT2D eigenvalue weighted by molar-refractivity contribution is -0.150. The summed E-state index contributed by atoms with van der Waals surface area (Å²) in [5, 5.41) is 3.02. The number of amides is 2. The number of nitrogens with zero attached hydrogens (tertiary/aromatic N) is 2. The van der Waals surface area contributed by atoms with Gasteiger partial charge in [-0.25, -0.2) is 0 Å².